The molecular formula is C15H13N3O4S. The summed E-state index contributed by atoms with van der Waals surface area (Å²) < 4.78 is 27.2. The first-order valence-corrected chi connectivity index (χ1v) is 8.15. The number of imidazole rings is 1. The molecule has 3 aromatic rings. The van der Waals surface area contributed by atoms with E-state index in [-0.39, 0.29) is 16.1 Å². The van der Waals surface area contributed by atoms with Gasteiger partial charge in [-0.3, -0.25) is 4.72 Å². The summed E-state index contributed by atoms with van der Waals surface area (Å²) in [5, 5.41) is 9.30. The van der Waals surface area contributed by atoms with Gasteiger partial charge in [-0.05, 0) is 31.2 Å². The number of benzene rings is 2. The molecule has 7 nitrogen and oxygen atoms in total. The Hall–Kier alpha value is -2.87. The summed E-state index contributed by atoms with van der Waals surface area (Å²) in [5.74, 6) is -1.23. The maximum Gasteiger partial charge on any atom is 0.337 e. The Bertz CT molecular complexity index is 991. The molecule has 118 valence electrons. The number of fused-ring (bicyclic) bond motifs is 1. The van der Waals surface area contributed by atoms with Crippen LogP contribution >= 0.6 is 0 Å². The van der Waals surface area contributed by atoms with Crippen LogP contribution < -0.4 is 4.72 Å². The van der Waals surface area contributed by atoms with Gasteiger partial charge in [0.1, 0.15) is 0 Å². The molecule has 0 aliphatic carbocycles. The van der Waals surface area contributed by atoms with Crippen molar-refractivity contribution in [3.8, 4) is 0 Å². The number of aromatic amines is 1. The zero-order valence-electron chi connectivity index (χ0n) is 12.1. The lowest BCUT2D eigenvalue weighted by Gasteiger charge is -2.11. The summed E-state index contributed by atoms with van der Waals surface area (Å²) in [5.41, 5.74) is 1.72. The fourth-order valence-corrected chi connectivity index (χ4v) is 3.24. The molecule has 0 radical (unpaired) electrons. The number of nitrogens with one attached hydrogen (secondary N) is 2. The van der Waals surface area contributed by atoms with Crippen molar-refractivity contribution in [3.63, 3.8) is 0 Å². The first-order chi connectivity index (χ1) is 10.9. The van der Waals surface area contributed by atoms with E-state index in [1.165, 1.54) is 30.6 Å². The normalized spacial score (nSPS) is 11.5. The molecule has 0 bridgehead atoms. The molecule has 0 fully saturated rings. The molecule has 2 aromatic carbocycles. The van der Waals surface area contributed by atoms with Crippen LogP contribution in [0.15, 0.2) is 47.6 Å². The number of hydrogen-bond acceptors (Lipinski definition) is 4. The molecule has 8 heteroatoms. The summed E-state index contributed by atoms with van der Waals surface area (Å²) in [6.45, 7) is 1.85. The van der Waals surface area contributed by atoms with Crippen LogP contribution in [0.5, 0.6) is 0 Å². The largest absolute Gasteiger partial charge is 0.478 e. The average Bonchev–Trinajstić information content (AvgIpc) is 2.93. The van der Waals surface area contributed by atoms with E-state index in [9.17, 15) is 18.3 Å². The van der Waals surface area contributed by atoms with E-state index in [1.54, 1.807) is 12.1 Å². The first-order valence-electron chi connectivity index (χ1n) is 6.67. The maximum absolute atomic E-state index is 12.4. The minimum Gasteiger partial charge on any atom is -0.478 e. The number of aromatic nitrogens is 2. The number of aryl methyl sites for hydroxylation is 1. The van der Waals surface area contributed by atoms with Crippen molar-refractivity contribution in [2.45, 2.75) is 11.8 Å². The molecule has 0 aliphatic heterocycles. The van der Waals surface area contributed by atoms with Gasteiger partial charge in [0.15, 0.2) is 0 Å². The van der Waals surface area contributed by atoms with Crippen molar-refractivity contribution >= 4 is 32.7 Å². The predicted molar refractivity (Wildman–Crippen MR) is 85.0 cm³/mol. The Kier molecular flexibility index (Phi) is 3.53. The number of anilines is 1. The number of sulfonamides is 1. The van der Waals surface area contributed by atoms with E-state index in [4.69, 9.17) is 0 Å². The predicted octanol–water partition coefficient (Wildman–Crippen LogP) is 2.37. The number of hydrogen-bond donors (Lipinski definition) is 3. The van der Waals surface area contributed by atoms with Crippen LogP contribution in [0.1, 0.15) is 15.9 Å². The van der Waals surface area contributed by atoms with Gasteiger partial charge < -0.3 is 10.1 Å². The number of aromatic carboxylic acids is 1. The van der Waals surface area contributed by atoms with E-state index in [1.807, 2.05) is 6.92 Å². The molecule has 0 amide bonds. The van der Waals surface area contributed by atoms with Crippen molar-refractivity contribution < 1.29 is 18.3 Å². The van der Waals surface area contributed by atoms with Gasteiger partial charge in [-0.1, -0.05) is 17.7 Å². The van der Waals surface area contributed by atoms with Gasteiger partial charge in [-0.25, -0.2) is 18.2 Å². The van der Waals surface area contributed by atoms with Gasteiger partial charge in [0.05, 0.1) is 33.5 Å². The molecule has 0 saturated heterocycles. The minimum atomic E-state index is -3.89. The summed E-state index contributed by atoms with van der Waals surface area (Å²) in [7, 11) is -3.89. The van der Waals surface area contributed by atoms with Crippen LogP contribution in [0.25, 0.3) is 11.0 Å². The summed E-state index contributed by atoms with van der Waals surface area (Å²) in [6.07, 6.45) is 1.41. The van der Waals surface area contributed by atoms with E-state index >= 15 is 0 Å². The molecule has 1 aromatic heterocycles. The fraction of sp³-hybridized carbons (Fsp3) is 0.0667. The molecule has 0 unspecified atom stereocenters. The van der Waals surface area contributed by atoms with Crippen molar-refractivity contribution in [2.75, 3.05) is 4.72 Å². The van der Waals surface area contributed by atoms with Crippen LogP contribution in [0.3, 0.4) is 0 Å². The summed E-state index contributed by atoms with van der Waals surface area (Å²) >= 11 is 0. The first kappa shape index (κ1) is 15.0. The lowest BCUT2D eigenvalue weighted by atomic mass is 10.1. The molecular weight excluding hydrogens is 318 g/mol. The number of nitrogens with zero attached hydrogens (tertiary/aromatic N) is 1. The summed E-state index contributed by atoms with van der Waals surface area (Å²) in [4.78, 5) is 18.2. The zero-order chi connectivity index (χ0) is 16.6. The Balaban J connectivity index is 2.07. The smallest absolute Gasteiger partial charge is 0.337 e. The lowest BCUT2D eigenvalue weighted by Crippen LogP contribution is -2.15. The van der Waals surface area contributed by atoms with Crippen molar-refractivity contribution in [1.29, 1.82) is 0 Å². The third-order valence-electron chi connectivity index (χ3n) is 3.37. The quantitative estimate of drug-likeness (QED) is 0.679. The minimum absolute atomic E-state index is 0.0299. The third kappa shape index (κ3) is 2.88. The highest BCUT2D eigenvalue weighted by Gasteiger charge is 2.19. The molecule has 3 rings (SSSR count). The molecule has 0 saturated carbocycles. The second-order valence-corrected chi connectivity index (χ2v) is 6.72. The monoisotopic (exact) mass is 331 g/mol. The Morgan fingerprint density at radius 3 is 2.57 bits per heavy atom. The standard InChI is InChI=1S/C15H13N3O4S/c1-9-2-4-10(5-3-9)23(21,22)18-12-7-14-13(16-8-17-14)6-11(12)15(19)20/h2-8,18H,1H3,(H,16,17)(H,19,20). The fourth-order valence-electron chi connectivity index (χ4n) is 2.16. The topological polar surface area (TPSA) is 112 Å². The van der Waals surface area contributed by atoms with E-state index in [0.717, 1.165) is 5.56 Å². The number of rotatable bonds is 4. The van der Waals surface area contributed by atoms with Crippen LogP contribution in [-0.2, 0) is 10.0 Å². The Morgan fingerprint density at radius 2 is 1.91 bits per heavy atom. The zero-order valence-corrected chi connectivity index (χ0v) is 12.9. The van der Waals surface area contributed by atoms with Gasteiger partial charge in [-0.15, -0.1) is 0 Å². The second-order valence-electron chi connectivity index (χ2n) is 5.04. The van der Waals surface area contributed by atoms with E-state index < -0.39 is 16.0 Å². The molecule has 0 spiro atoms. The molecule has 1 heterocycles. The van der Waals surface area contributed by atoms with Gasteiger partial charge in [0.25, 0.3) is 10.0 Å². The van der Waals surface area contributed by atoms with Crippen molar-refractivity contribution in [3.05, 3.63) is 53.9 Å². The maximum atomic E-state index is 12.4. The van der Waals surface area contributed by atoms with Gasteiger partial charge >= 0.3 is 5.97 Å². The Morgan fingerprint density at radius 1 is 1.22 bits per heavy atom. The van der Waals surface area contributed by atoms with Crippen LogP contribution in [-0.4, -0.2) is 29.5 Å². The number of carboxylic acids is 1. The average molecular weight is 331 g/mol. The van der Waals surface area contributed by atoms with E-state index in [0.29, 0.717) is 11.0 Å². The number of H-pyrrole nitrogens is 1. The SMILES string of the molecule is Cc1ccc(S(=O)(=O)Nc2cc3nc[nH]c3cc2C(=O)O)cc1. The number of carbonyl (C=O) groups is 1. The van der Waals surface area contributed by atoms with Gasteiger partial charge in [0.2, 0.25) is 0 Å². The van der Waals surface area contributed by atoms with Crippen LogP contribution in [0, 0.1) is 6.92 Å². The highest BCUT2D eigenvalue weighted by Crippen LogP contribution is 2.25. The highest BCUT2D eigenvalue weighted by atomic mass is 32.2. The van der Waals surface area contributed by atoms with Crippen molar-refractivity contribution in [2.24, 2.45) is 0 Å². The molecule has 3 N–H and O–H groups in total. The van der Waals surface area contributed by atoms with Gasteiger partial charge in [-0.2, -0.15) is 0 Å². The molecule has 0 aliphatic rings. The molecule has 0 atom stereocenters. The van der Waals surface area contributed by atoms with Crippen LogP contribution in [0.4, 0.5) is 5.69 Å². The van der Waals surface area contributed by atoms with Crippen molar-refractivity contribution in [1.82, 2.24) is 9.97 Å². The highest BCUT2D eigenvalue weighted by molar-refractivity contribution is 7.92. The Labute approximate surface area is 132 Å². The van der Waals surface area contributed by atoms with Crippen LogP contribution in [0.2, 0.25) is 0 Å². The number of carboxylic acid groups (broad SMARTS) is 1. The van der Waals surface area contributed by atoms with Gasteiger partial charge in [0, 0.05) is 0 Å². The van der Waals surface area contributed by atoms with E-state index in [2.05, 4.69) is 14.7 Å². The summed E-state index contributed by atoms with van der Waals surface area (Å²) in [6, 6.07) is 9.00. The molecule has 23 heavy (non-hydrogen) atoms. The lowest BCUT2D eigenvalue weighted by molar-refractivity contribution is 0.0698. The third-order valence-corrected chi connectivity index (χ3v) is 4.75. The second kappa shape index (κ2) is 5.40.